The van der Waals surface area contributed by atoms with E-state index in [1.165, 1.54) is 0 Å². The molecule has 0 fully saturated rings. The number of nitrogens with two attached hydrogens (primary N) is 1. The van der Waals surface area contributed by atoms with Crippen molar-refractivity contribution in [1.29, 1.82) is 0 Å². The number of aromatic nitrogens is 2. The predicted octanol–water partition coefficient (Wildman–Crippen LogP) is 2.64. The summed E-state index contributed by atoms with van der Waals surface area (Å²) >= 11 is 0. The minimum atomic E-state index is -0.561. The van der Waals surface area contributed by atoms with Gasteiger partial charge in [-0.1, -0.05) is 19.6 Å². The molecule has 6 heteroatoms. The monoisotopic (exact) mass is 327 g/mol. The van der Waals surface area contributed by atoms with Crippen molar-refractivity contribution in [2.75, 3.05) is 14.2 Å². The average Bonchev–Trinajstić information content (AvgIpc) is 3.03. The topological polar surface area (TPSA) is 79.4 Å². The Morgan fingerprint density at radius 3 is 2.54 bits per heavy atom. The lowest BCUT2D eigenvalue weighted by Crippen LogP contribution is -2.13. The van der Waals surface area contributed by atoms with Crippen LogP contribution in [0.2, 0.25) is 0 Å². The molecular formula is C18H21N3O3. The number of amides is 1. The van der Waals surface area contributed by atoms with Crippen LogP contribution in [-0.4, -0.2) is 29.9 Å². The van der Waals surface area contributed by atoms with Crippen molar-refractivity contribution in [3.63, 3.8) is 0 Å². The third kappa shape index (κ3) is 3.32. The molecule has 0 saturated carbocycles. The van der Waals surface area contributed by atoms with Gasteiger partial charge in [-0.2, -0.15) is 5.10 Å². The van der Waals surface area contributed by atoms with Crippen LogP contribution in [0.15, 0.2) is 43.0 Å². The molecule has 1 heterocycles. The summed E-state index contributed by atoms with van der Waals surface area (Å²) in [5.41, 5.74) is 8.06. The molecule has 6 nitrogen and oxygen atoms in total. The van der Waals surface area contributed by atoms with Crippen LogP contribution >= 0.6 is 0 Å². The molecule has 24 heavy (non-hydrogen) atoms. The molecule has 0 spiro atoms. The first-order chi connectivity index (χ1) is 11.5. The second-order valence-corrected chi connectivity index (χ2v) is 5.01. The highest BCUT2D eigenvalue weighted by molar-refractivity contribution is 5.91. The molecular weight excluding hydrogens is 306 g/mol. The van der Waals surface area contributed by atoms with Gasteiger partial charge in [0, 0.05) is 11.3 Å². The van der Waals surface area contributed by atoms with E-state index in [1.807, 2.05) is 31.2 Å². The summed E-state index contributed by atoms with van der Waals surface area (Å²) in [4.78, 5) is 11.5. The fraction of sp³-hybridized carbons (Fsp3) is 0.222. The van der Waals surface area contributed by atoms with Gasteiger partial charge < -0.3 is 15.2 Å². The molecule has 2 rings (SSSR count). The molecule has 0 unspecified atom stereocenters. The molecule has 0 atom stereocenters. The number of hydrogen-bond acceptors (Lipinski definition) is 4. The molecule has 0 radical (unpaired) electrons. The molecule has 0 saturated heterocycles. The van der Waals surface area contributed by atoms with Crippen LogP contribution in [0.3, 0.4) is 0 Å². The maximum absolute atomic E-state index is 11.5. The molecule has 2 N–H and O–H groups in total. The first-order valence-corrected chi connectivity index (χ1v) is 7.49. The number of nitrogens with zero attached hydrogens (tertiary/aromatic N) is 2. The van der Waals surface area contributed by atoms with Crippen LogP contribution in [0.1, 0.15) is 28.7 Å². The Balaban J connectivity index is 2.61. The maximum atomic E-state index is 11.5. The number of hydrogen-bond donors (Lipinski definition) is 1. The lowest BCUT2D eigenvalue weighted by molar-refractivity contribution is 0.0995. The van der Waals surface area contributed by atoms with Crippen LogP contribution in [0.5, 0.6) is 11.5 Å². The summed E-state index contributed by atoms with van der Waals surface area (Å²) in [6.07, 6.45) is 4.18. The smallest absolute Gasteiger partial charge is 0.269 e. The summed E-state index contributed by atoms with van der Waals surface area (Å²) in [6, 6.07) is 7.25. The lowest BCUT2D eigenvalue weighted by Gasteiger charge is -2.14. The van der Waals surface area contributed by atoms with E-state index in [2.05, 4.69) is 11.7 Å². The Bertz CT molecular complexity index is 791. The average molecular weight is 327 g/mol. The number of primary amides is 1. The number of aryl methyl sites for hydroxylation is 1. The number of methoxy groups -OCH3 is 2. The number of rotatable bonds is 7. The van der Waals surface area contributed by atoms with Crippen LogP contribution in [0.25, 0.3) is 5.70 Å². The van der Waals surface area contributed by atoms with Gasteiger partial charge >= 0.3 is 0 Å². The fourth-order valence-electron chi connectivity index (χ4n) is 2.40. The van der Waals surface area contributed by atoms with Gasteiger partial charge in [0.05, 0.1) is 19.9 Å². The second kappa shape index (κ2) is 7.50. The Morgan fingerprint density at radius 1 is 1.29 bits per heavy atom. The number of allylic oxidation sites excluding steroid dienone is 2. The summed E-state index contributed by atoms with van der Waals surface area (Å²) < 4.78 is 12.3. The van der Waals surface area contributed by atoms with E-state index in [0.29, 0.717) is 17.9 Å². The molecule has 0 bridgehead atoms. The molecule has 126 valence electrons. The van der Waals surface area contributed by atoms with Gasteiger partial charge in [0.15, 0.2) is 17.2 Å². The Labute approximate surface area is 141 Å². The molecule has 0 aliphatic rings. The minimum absolute atomic E-state index is 0.224. The summed E-state index contributed by atoms with van der Waals surface area (Å²) in [7, 11) is 3.16. The van der Waals surface area contributed by atoms with Crippen molar-refractivity contribution in [1.82, 2.24) is 9.78 Å². The zero-order valence-electron chi connectivity index (χ0n) is 14.1. The van der Waals surface area contributed by atoms with Crippen molar-refractivity contribution in [3.05, 3.63) is 59.9 Å². The number of carbonyl (C=O) groups is 1. The van der Waals surface area contributed by atoms with Gasteiger partial charge in [-0.3, -0.25) is 4.79 Å². The highest BCUT2D eigenvalue weighted by atomic mass is 16.5. The predicted molar refractivity (Wildman–Crippen MR) is 93.2 cm³/mol. The minimum Gasteiger partial charge on any atom is -0.493 e. The zero-order chi connectivity index (χ0) is 17.7. The van der Waals surface area contributed by atoms with E-state index in [0.717, 1.165) is 17.0 Å². The summed E-state index contributed by atoms with van der Waals surface area (Å²) in [5.74, 6) is 0.673. The van der Waals surface area contributed by atoms with E-state index in [-0.39, 0.29) is 5.69 Å². The zero-order valence-corrected chi connectivity index (χ0v) is 14.1. The lowest BCUT2D eigenvalue weighted by atomic mass is 10.1. The number of ether oxygens (including phenoxy) is 2. The van der Waals surface area contributed by atoms with E-state index >= 15 is 0 Å². The molecule has 2 aromatic rings. The Hall–Kier alpha value is -3.02. The number of carbonyl (C=O) groups excluding carboxylic acids is 1. The quantitative estimate of drug-likeness (QED) is 0.793. The Kier molecular flexibility index (Phi) is 5.42. The first kappa shape index (κ1) is 17.3. The summed E-state index contributed by atoms with van der Waals surface area (Å²) in [6.45, 7) is 5.74. The van der Waals surface area contributed by atoms with E-state index < -0.39 is 5.91 Å². The van der Waals surface area contributed by atoms with E-state index in [4.69, 9.17) is 15.2 Å². The van der Waals surface area contributed by atoms with Gasteiger partial charge in [-0.05, 0) is 36.8 Å². The molecule has 0 aliphatic carbocycles. The first-order valence-electron chi connectivity index (χ1n) is 7.49. The SMILES string of the molecule is C=C/C=C(/c1ccc(OC)c(OC)c1)n1nc(C(N)=O)cc1CC. The normalized spacial score (nSPS) is 11.2. The second-order valence-electron chi connectivity index (χ2n) is 5.01. The Morgan fingerprint density at radius 2 is 2.00 bits per heavy atom. The highest BCUT2D eigenvalue weighted by Crippen LogP contribution is 2.31. The van der Waals surface area contributed by atoms with Crippen molar-refractivity contribution in [3.8, 4) is 11.5 Å². The molecule has 0 aliphatic heterocycles. The maximum Gasteiger partial charge on any atom is 0.269 e. The molecule has 1 aromatic carbocycles. The highest BCUT2D eigenvalue weighted by Gasteiger charge is 2.16. The largest absolute Gasteiger partial charge is 0.493 e. The van der Waals surface area contributed by atoms with Gasteiger partial charge in [0.2, 0.25) is 0 Å². The van der Waals surface area contributed by atoms with Crippen LogP contribution in [0.4, 0.5) is 0 Å². The van der Waals surface area contributed by atoms with Crippen LogP contribution in [-0.2, 0) is 6.42 Å². The van der Waals surface area contributed by atoms with Crippen LogP contribution < -0.4 is 15.2 Å². The van der Waals surface area contributed by atoms with Crippen molar-refractivity contribution in [2.45, 2.75) is 13.3 Å². The third-order valence-corrected chi connectivity index (χ3v) is 3.58. The molecule has 1 aromatic heterocycles. The van der Waals surface area contributed by atoms with Gasteiger partial charge in [-0.25, -0.2) is 4.68 Å². The number of benzene rings is 1. The van der Waals surface area contributed by atoms with Crippen molar-refractivity contribution >= 4 is 11.6 Å². The van der Waals surface area contributed by atoms with E-state index in [9.17, 15) is 4.79 Å². The van der Waals surface area contributed by atoms with Crippen molar-refractivity contribution in [2.24, 2.45) is 5.73 Å². The van der Waals surface area contributed by atoms with Gasteiger partial charge in [0.25, 0.3) is 5.91 Å². The third-order valence-electron chi connectivity index (χ3n) is 3.58. The van der Waals surface area contributed by atoms with Gasteiger partial charge in [0.1, 0.15) is 0 Å². The van der Waals surface area contributed by atoms with Crippen LogP contribution in [0, 0.1) is 0 Å². The van der Waals surface area contributed by atoms with Gasteiger partial charge in [-0.15, -0.1) is 0 Å². The summed E-state index contributed by atoms with van der Waals surface area (Å²) in [5, 5.41) is 4.33. The standard InChI is InChI=1S/C18H21N3O3/c1-5-7-15(12-8-9-16(23-3)17(10-12)24-4)21-13(6-2)11-14(20-21)18(19)22/h5,7-11H,1,6H2,2-4H3,(H2,19,22)/b15-7-. The van der Waals surface area contributed by atoms with E-state index in [1.54, 1.807) is 31.0 Å². The van der Waals surface area contributed by atoms with Crippen molar-refractivity contribution < 1.29 is 14.3 Å². The molecule has 1 amide bonds. The fourth-order valence-corrected chi connectivity index (χ4v) is 2.40.